The number of aromatic nitrogens is 4. The first kappa shape index (κ1) is 28.3. The minimum Gasteiger partial charge on any atom is -0.496 e. The van der Waals surface area contributed by atoms with Gasteiger partial charge in [-0.2, -0.15) is 19.0 Å². The van der Waals surface area contributed by atoms with E-state index in [0.717, 1.165) is 18.1 Å². The molecule has 1 aliphatic heterocycles. The summed E-state index contributed by atoms with van der Waals surface area (Å²) in [5, 5.41) is 18.3. The molecular weight excluding hydrogens is 560 g/mol. The maximum absolute atomic E-state index is 14.4. The normalized spacial score (nSPS) is 14.8. The Morgan fingerprint density at radius 3 is 2.24 bits per heavy atom. The highest BCUT2D eigenvalue weighted by molar-refractivity contribution is 6.03. The van der Waals surface area contributed by atoms with Gasteiger partial charge in [0.1, 0.15) is 17.1 Å². The number of aryl methyl sites for hydroxylation is 2. The minimum absolute atomic E-state index is 0.0315. The molecule has 1 aliphatic rings. The topological polar surface area (TPSA) is 94.6 Å². The van der Waals surface area contributed by atoms with Crippen LogP contribution in [0.25, 0.3) is 33.3 Å². The molecule has 9 nitrogen and oxygen atoms in total. The molecule has 2 aromatic heterocycles. The number of likely N-dealkylation sites (tertiary alicyclic amines) is 1. The van der Waals surface area contributed by atoms with E-state index in [1.807, 2.05) is 0 Å². The summed E-state index contributed by atoms with van der Waals surface area (Å²) >= 11 is 0. The summed E-state index contributed by atoms with van der Waals surface area (Å²) in [6, 6.07) is 5.17. The fraction of sp³-hybridized carbons (Fsp3) is 0.346. The quantitative estimate of drug-likeness (QED) is 0.304. The molecule has 0 spiro atoms. The van der Waals surface area contributed by atoms with Gasteiger partial charge in [-0.1, -0.05) is 0 Å². The maximum Gasteiger partial charge on any atom is 0.387 e. The average molecular weight is 583 g/mol. The van der Waals surface area contributed by atoms with E-state index in [9.17, 15) is 36.2 Å². The van der Waals surface area contributed by atoms with Crippen LogP contribution in [0.5, 0.6) is 11.5 Å². The smallest absolute Gasteiger partial charge is 0.387 e. The lowest BCUT2D eigenvalue weighted by Crippen LogP contribution is -2.67. The van der Waals surface area contributed by atoms with E-state index in [0.29, 0.717) is 11.1 Å². The van der Waals surface area contributed by atoms with Crippen molar-refractivity contribution in [1.29, 1.82) is 0 Å². The van der Waals surface area contributed by atoms with Crippen LogP contribution in [-0.2, 0) is 14.1 Å². The Balaban J connectivity index is 1.66. The van der Waals surface area contributed by atoms with Gasteiger partial charge in [0.15, 0.2) is 5.60 Å². The molecule has 0 aliphatic carbocycles. The summed E-state index contributed by atoms with van der Waals surface area (Å²) in [5.41, 5.74) is -1.97. The number of amides is 1. The van der Waals surface area contributed by atoms with Crippen molar-refractivity contribution in [2.75, 3.05) is 20.2 Å². The third kappa shape index (κ3) is 4.94. The van der Waals surface area contributed by atoms with Crippen LogP contribution in [0.1, 0.15) is 22.3 Å². The van der Waals surface area contributed by atoms with Crippen molar-refractivity contribution in [2.24, 2.45) is 14.1 Å². The van der Waals surface area contributed by atoms with Crippen molar-refractivity contribution in [2.45, 2.75) is 25.1 Å². The van der Waals surface area contributed by atoms with E-state index >= 15 is 0 Å². The summed E-state index contributed by atoms with van der Waals surface area (Å²) in [5.74, 6) is -1.96. The Bertz CT molecular complexity index is 1630. The molecule has 1 N–H and O–H groups in total. The number of methoxy groups -OCH3 is 1. The largest absolute Gasteiger partial charge is 0.496 e. The molecule has 5 rings (SSSR count). The third-order valence-corrected chi connectivity index (χ3v) is 6.85. The van der Waals surface area contributed by atoms with Gasteiger partial charge in [-0.25, -0.2) is 17.6 Å². The van der Waals surface area contributed by atoms with Gasteiger partial charge in [0.2, 0.25) is 0 Å². The first-order valence-electron chi connectivity index (χ1n) is 12.1. The van der Waals surface area contributed by atoms with Crippen LogP contribution in [0.2, 0.25) is 0 Å². The lowest BCUT2D eigenvalue weighted by molar-refractivity contribution is -0.166. The molecule has 1 amide bonds. The molecule has 1 fully saturated rings. The van der Waals surface area contributed by atoms with Gasteiger partial charge >= 0.3 is 6.61 Å². The van der Waals surface area contributed by atoms with Gasteiger partial charge in [0.05, 0.1) is 37.6 Å². The number of hydrogen-bond acceptors (Lipinski definition) is 6. The van der Waals surface area contributed by atoms with Gasteiger partial charge in [0, 0.05) is 42.4 Å². The van der Waals surface area contributed by atoms with Gasteiger partial charge < -0.3 is 19.5 Å². The number of ether oxygens (including phenoxy) is 2. The Labute approximate surface area is 228 Å². The standard InChI is InChI=1S/C26H23F6N5O4/c1-35-9-14(8-33-35)12-4-15(22(27)28)19-16(5-12)34-36(2)21(19)13-6-17(40-3)20(18(7-13)41-25(31)32)23(38)37-10-26(39,11-37)24(29)30/h4-9,22,24-25,39H,10-11H2,1-3H3. The van der Waals surface area contributed by atoms with Crippen LogP contribution in [0.4, 0.5) is 26.3 Å². The van der Waals surface area contributed by atoms with Crippen molar-refractivity contribution in [3.05, 3.63) is 47.8 Å². The highest BCUT2D eigenvalue weighted by atomic mass is 19.3. The second-order valence-corrected chi connectivity index (χ2v) is 9.63. The van der Waals surface area contributed by atoms with Gasteiger partial charge in [-0.05, 0) is 29.8 Å². The van der Waals surface area contributed by atoms with E-state index in [4.69, 9.17) is 4.74 Å². The molecule has 218 valence electrons. The van der Waals surface area contributed by atoms with E-state index in [-0.39, 0.29) is 33.5 Å². The van der Waals surface area contributed by atoms with Gasteiger partial charge in [0.25, 0.3) is 18.8 Å². The highest BCUT2D eigenvalue weighted by Crippen LogP contribution is 2.43. The van der Waals surface area contributed by atoms with Crippen molar-refractivity contribution < 1.29 is 45.7 Å². The molecule has 41 heavy (non-hydrogen) atoms. The maximum atomic E-state index is 14.4. The first-order valence-corrected chi connectivity index (χ1v) is 12.1. The fourth-order valence-corrected chi connectivity index (χ4v) is 4.94. The zero-order valence-electron chi connectivity index (χ0n) is 21.8. The summed E-state index contributed by atoms with van der Waals surface area (Å²) in [6.45, 7) is -4.89. The van der Waals surface area contributed by atoms with Gasteiger partial charge in [-0.15, -0.1) is 0 Å². The number of fused-ring (bicyclic) bond motifs is 1. The Morgan fingerprint density at radius 1 is 1.00 bits per heavy atom. The number of β-amino-alcohol motifs (C(OH)–C–C–N with tert-alkyl or cyclic N) is 1. The molecule has 0 bridgehead atoms. The molecule has 0 radical (unpaired) electrons. The molecule has 0 atom stereocenters. The monoisotopic (exact) mass is 583 g/mol. The van der Waals surface area contributed by atoms with Gasteiger partial charge in [-0.3, -0.25) is 14.2 Å². The molecule has 0 unspecified atom stereocenters. The summed E-state index contributed by atoms with van der Waals surface area (Å²) in [7, 11) is 4.29. The molecular formula is C26H23F6N5O4. The number of nitrogens with zero attached hydrogens (tertiary/aromatic N) is 5. The van der Waals surface area contributed by atoms with E-state index < -0.39 is 55.4 Å². The lowest BCUT2D eigenvalue weighted by Gasteiger charge is -2.45. The second kappa shape index (κ2) is 10.3. The summed E-state index contributed by atoms with van der Waals surface area (Å²) in [6.07, 6.45) is -2.92. The molecule has 4 aromatic rings. The van der Waals surface area contributed by atoms with Crippen LogP contribution in [0.3, 0.4) is 0 Å². The number of alkyl halides is 6. The van der Waals surface area contributed by atoms with Crippen LogP contribution in [0.15, 0.2) is 36.7 Å². The Morgan fingerprint density at radius 2 is 1.68 bits per heavy atom. The zero-order valence-corrected chi connectivity index (χ0v) is 21.8. The number of carbonyl (C=O) groups is 1. The predicted octanol–water partition coefficient (Wildman–Crippen LogP) is 4.64. The summed E-state index contributed by atoms with van der Waals surface area (Å²) < 4.78 is 94.6. The number of hydrogen-bond donors (Lipinski definition) is 1. The van der Waals surface area contributed by atoms with Crippen LogP contribution in [-0.4, -0.2) is 74.3 Å². The number of carbonyl (C=O) groups excluding carboxylic acids is 1. The fourth-order valence-electron chi connectivity index (χ4n) is 4.94. The average Bonchev–Trinajstić information content (AvgIpc) is 3.46. The zero-order chi connectivity index (χ0) is 29.8. The highest BCUT2D eigenvalue weighted by Gasteiger charge is 2.51. The molecule has 3 heterocycles. The van der Waals surface area contributed by atoms with Crippen molar-refractivity contribution in [3.63, 3.8) is 0 Å². The number of aliphatic hydroxyl groups is 1. The van der Waals surface area contributed by atoms with Crippen LogP contribution >= 0.6 is 0 Å². The number of rotatable bonds is 8. The number of benzene rings is 2. The van der Waals surface area contributed by atoms with E-state index in [1.165, 1.54) is 34.7 Å². The van der Waals surface area contributed by atoms with Crippen molar-refractivity contribution in [1.82, 2.24) is 24.5 Å². The predicted molar refractivity (Wildman–Crippen MR) is 133 cm³/mol. The molecule has 1 saturated heterocycles. The summed E-state index contributed by atoms with van der Waals surface area (Å²) in [4.78, 5) is 14.0. The Hall–Kier alpha value is -4.27. The van der Waals surface area contributed by atoms with Crippen LogP contribution < -0.4 is 9.47 Å². The Kier molecular flexibility index (Phi) is 7.09. The van der Waals surface area contributed by atoms with E-state index in [2.05, 4.69) is 14.9 Å². The molecule has 2 aromatic carbocycles. The second-order valence-electron chi connectivity index (χ2n) is 9.63. The first-order chi connectivity index (χ1) is 19.3. The lowest BCUT2D eigenvalue weighted by atomic mass is 9.93. The van der Waals surface area contributed by atoms with E-state index in [1.54, 1.807) is 19.3 Å². The van der Waals surface area contributed by atoms with Crippen molar-refractivity contribution >= 4 is 16.8 Å². The SMILES string of the molecule is COc1cc(-c2c3c(C(F)F)cc(-c4cnn(C)c4)cc3nn2C)cc(OC(F)F)c1C(=O)N1CC(O)(C(F)F)C1. The van der Waals surface area contributed by atoms with Crippen molar-refractivity contribution in [3.8, 4) is 33.9 Å². The molecule has 15 heteroatoms. The van der Waals surface area contributed by atoms with Crippen LogP contribution in [0, 0.1) is 0 Å². The molecule has 0 saturated carbocycles. The number of halogens is 6. The minimum atomic E-state index is -3.40. The third-order valence-electron chi connectivity index (χ3n) is 6.85.